The van der Waals surface area contributed by atoms with E-state index in [0.717, 1.165) is 5.56 Å². The Bertz CT molecular complexity index is 901. The van der Waals surface area contributed by atoms with Crippen LogP contribution in [0.15, 0.2) is 54.7 Å². The lowest BCUT2D eigenvalue weighted by Crippen LogP contribution is -2.07. The van der Waals surface area contributed by atoms with Crippen LogP contribution in [-0.4, -0.2) is 26.2 Å². The molecule has 0 radical (unpaired) electrons. The Hall–Kier alpha value is -3.12. The van der Waals surface area contributed by atoms with Gasteiger partial charge in [0, 0.05) is 16.8 Å². The van der Waals surface area contributed by atoms with Gasteiger partial charge in [0.1, 0.15) is 17.1 Å². The molecule has 3 N–H and O–H groups in total. The number of benzene rings is 2. The maximum atomic E-state index is 11.4. The highest BCUT2D eigenvalue weighted by Gasteiger charge is 2.16. The molecule has 0 saturated heterocycles. The molecule has 6 nitrogen and oxygen atoms in total. The predicted molar refractivity (Wildman–Crippen MR) is 90.8 cm³/mol. The van der Waals surface area contributed by atoms with E-state index in [-0.39, 0.29) is 22.8 Å². The molecule has 0 unspecified atom stereocenters. The van der Waals surface area contributed by atoms with Crippen LogP contribution in [0, 0.1) is 0 Å². The third-order valence-corrected chi connectivity index (χ3v) is 3.50. The third-order valence-electron chi connectivity index (χ3n) is 3.26. The number of hydrogen-bond donors (Lipinski definition) is 3. The SMILES string of the molecule is O=C(O)c1cnc(-c2ccccc2)nc1Nc1cc(Cl)ccc1O. The average Bonchev–Trinajstić information content (AvgIpc) is 2.58. The van der Waals surface area contributed by atoms with E-state index in [9.17, 15) is 15.0 Å². The Morgan fingerprint density at radius 1 is 1.12 bits per heavy atom. The van der Waals surface area contributed by atoms with Crippen LogP contribution >= 0.6 is 11.6 Å². The zero-order valence-electron chi connectivity index (χ0n) is 12.3. The van der Waals surface area contributed by atoms with Gasteiger partial charge in [0.25, 0.3) is 0 Å². The number of nitrogens with zero attached hydrogens (tertiary/aromatic N) is 2. The van der Waals surface area contributed by atoms with Crippen molar-refractivity contribution < 1.29 is 15.0 Å². The minimum absolute atomic E-state index is 0.0638. The summed E-state index contributed by atoms with van der Waals surface area (Å²) in [7, 11) is 0. The summed E-state index contributed by atoms with van der Waals surface area (Å²) in [5.41, 5.74) is 0.879. The van der Waals surface area contributed by atoms with Gasteiger partial charge in [0.2, 0.25) is 0 Å². The van der Waals surface area contributed by atoms with Gasteiger partial charge in [0.05, 0.1) is 5.69 Å². The highest BCUT2D eigenvalue weighted by Crippen LogP contribution is 2.30. The molecule has 0 atom stereocenters. The van der Waals surface area contributed by atoms with Crippen molar-refractivity contribution in [1.82, 2.24) is 9.97 Å². The van der Waals surface area contributed by atoms with Crippen molar-refractivity contribution in [3.05, 3.63) is 65.3 Å². The van der Waals surface area contributed by atoms with Crippen LogP contribution in [0.3, 0.4) is 0 Å². The molecule has 120 valence electrons. The first-order chi connectivity index (χ1) is 11.5. The fourth-order valence-corrected chi connectivity index (χ4v) is 2.27. The number of halogens is 1. The second-order valence-electron chi connectivity index (χ2n) is 4.91. The number of aromatic hydroxyl groups is 1. The molecule has 0 aliphatic rings. The minimum atomic E-state index is -1.18. The summed E-state index contributed by atoms with van der Waals surface area (Å²) in [5.74, 6) is -0.826. The van der Waals surface area contributed by atoms with Crippen LogP contribution in [0.4, 0.5) is 11.5 Å². The zero-order chi connectivity index (χ0) is 17.1. The minimum Gasteiger partial charge on any atom is -0.506 e. The summed E-state index contributed by atoms with van der Waals surface area (Å²) in [6, 6.07) is 13.6. The van der Waals surface area contributed by atoms with Crippen LogP contribution in [0.5, 0.6) is 5.75 Å². The summed E-state index contributed by atoms with van der Waals surface area (Å²) in [6.45, 7) is 0. The Balaban J connectivity index is 2.07. The van der Waals surface area contributed by atoms with Gasteiger partial charge < -0.3 is 15.5 Å². The van der Waals surface area contributed by atoms with Crippen molar-refractivity contribution in [2.45, 2.75) is 0 Å². The molecular weight excluding hydrogens is 330 g/mol. The quantitative estimate of drug-likeness (QED) is 0.622. The lowest BCUT2D eigenvalue weighted by Gasteiger charge is -2.11. The monoisotopic (exact) mass is 341 g/mol. The first kappa shape index (κ1) is 15.8. The largest absolute Gasteiger partial charge is 0.506 e. The fourth-order valence-electron chi connectivity index (χ4n) is 2.10. The van der Waals surface area contributed by atoms with Crippen LogP contribution in [0.1, 0.15) is 10.4 Å². The highest BCUT2D eigenvalue weighted by atomic mass is 35.5. The van der Waals surface area contributed by atoms with E-state index >= 15 is 0 Å². The third kappa shape index (κ3) is 3.28. The van der Waals surface area contributed by atoms with Gasteiger partial charge in [-0.2, -0.15) is 0 Å². The van der Waals surface area contributed by atoms with Gasteiger partial charge in [-0.3, -0.25) is 0 Å². The van der Waals surface area contributed by atoms with E-state index in [1.54, 1.807) is 0 Å². The number of nitrogens with one attached hydrogen (secondary N) is 1. The van der Waals surface area contributed by atoms with E-state index < -0.39 is 5.97 Å². The molecule has 0 bridgehead atoms. The average molecular weight is 342 g/mol. The second-order valence-corrected chi connectivity index (χ2v) is 5.35. The molecule has 24 heavy (non-hydrogen) atoms. The predicted octanol–water partition coefficient (Wildman–Crippen LogP) is 3.94. The topological polar surface area (TPSA) is 95.3 Å². The number of carboxylic acid groups (broad SMARTS) is 1. The standard InChI is InChI=1S/C17H12ClN3O3/c18-11-6-7-14(22)13(8-11)20-16-12(17(23)24)9-19-15(21-16)10-4-2-1-3-5-10/h1-9,22H,(H,23,24)(H,19,20,21). The molecule has 0 fully saturated rings. The Kier molecular flexibility index (Phi) is 4.31. The van der Waals surface area contributed by atoms with E-state index in [0.29, 0.717) is 10.8 Å². The second kappa shape index (κ2) is 6.55. The van der Waals surface area contributed by atoms with Crippen molar-refractivity contribution >= 4 is 29.1 Å². The molecule has 1 heterocycles. The number of hydrogen-bond acceptors (Lipinski definition) is 5. The molecule has 0 saturated carbocycles. The van der Waals surface area contributed by atoms with Gasteiger partial charge in [-0.25, -0.2) is 14.8 Å². The number of aromatic nitrogens is 2. The number of carbonyl (C=O) groups is 1. The number of anilines is 2. The number of phenolic OH excluding ortho intramolecular Hbond substituents is 1. The smallest absolute Gasteiger partial charge is 0.341 e. The summed E-state index contributed by atoms with van der Waals surface area (Å²) >= 11 is 5.91. The highest BCUT2D eigenvalue weighted by molar-refractivity contribution is 6.31. The number of phenols is 1. The molecule has 1 aromatic heterocycles. The lowest BCUT2D eigenvalue weighted by molar-refractivity contribution is 0.0697. The van der Waals surface area contributed by atoms with Crippen LogP contribution in [0.25, 0.3) is 11.4 Å². The number of carboxylic acids is 1. The molecule has 0 amide bonds. The Labute approximate surface area is 142 Å². The van der Waals surface area contributed by atoms with Crippen molar-refractivity contribution in [1.29, 1.82) is 0 Å². The van der Waals surface area contributed by atoms with Crippen LogP contribution in [-0.2, 0) is 0 Å². The summed E-state index contributed by atoms with van der Waals surface area (Å²) in [6.07, 6.45) is 1.22. The van der Waals surface area contributed by atoms with E-state index in [4.69, 9.17) is 11.6 Å². The van der Waals surface area contributed by atoms with Crippen LogP contribution in [0.2, 0.25) is 5.02 Å². The molecule has 0 spiro atoms. The molecule has 3 rings (SSSR count). The van der Waals surface area contributed by atoms with Crippen molar-refractivity contribution in [3.63, 3.8) is 0 Å². The van der Waals surface area contributed by atoms with Crippen molar-refractivity contribution in [3.8, 4) is 17.1 Å². The first-order valence-corrected chi connectivity index (χ1v) is 7.33. The lowest BCUT2D eigenvalue weighted by atomic mass is 10.2. The van der Waals surface area contributed by atoms with Gasteiger partial charge in [0.15, 0.2) is 5.82 Å². The molecule has 7 heteroatoms. The maximum absolute atomic E-state index is 11.4. The van der Waals surface area contributed by atoms with Crippen LogP contribution < -0.4 is 5.32 Å². The maximum Gasteiger partial charge on any atom is 0.341 e. The van der Waals surface area contributed by atoms with Gasteiger partial charge in [-0.05, 0) is 18.2 Å². The molecule has 0 aliphatic heterocycles. The molecule has 3 aromatic rings. The zero-order valence-corrected chi connectivity index (χ0v) is 13.0. The Morgan fingerprint density at radius 2 is 1.88 bits per heavy atom. The van der Waals surface area contributed by atoms with Crippen molar-refractivity contribution in [2.24, 2.45) is 0 Å². The number of aromatic carboxylic acids is 1. The van der Waals surface area contributed by atoms with Gasteiger partial charge in [-0.15, -0.1) is 0 Å². The normalized spacial score (nSPS) is 10.4. The Morgan fingerprint density at radius 3 is 2.58 bits per heavy atom. The molecule has 2 aromatic carbocycles. The number of rotatable bonds is 4. The molecule has 0 aliphatic carbocycles. The van der Waals surface area contributed by atoms with Crippen molar-refractivity contribution in [2.75, 3.05) is 5.32 Å². The summed E-state index contributed by atoms with van der Waals surface area (Å²) < 4.78 is 0. The van der Waals surface area contributed by atoms with Gasteiger partial charge >= 0.3 is 5.97 Å². The molecular formula is C17H12ClN3O3. The van der Waals surface area contributed by atoms with E-state index in [2.05, 4.69) is 15.3 Å². The summed E-state index contributed by atoms with van der Waals surface area (Å²) in [4.78, 5) is 19.8. The fraction of sp³-hybridized carbons (Fsp3) is 0. The van der Waals surface area contributed by atoms with E-state index in [1.807, 2.05) is 30.3 Å². The first-order valence-electron chi connectivity index (χ1n) is 6.96. The summed E-state index contributed by atoms with van der Waals surface area (Å²) in [5, 5.41) is 22.4. The van der Waals surface area contributed by atoms with Gasteiger partial charge in [-0.1, -0.05) is 41.9 Å². The van der Waals surface area contributed by atoms with E-state index in [1.165, 1.54) is 24.4 Å².